The molecule has 0 radical (unpaired) electrons. The number of halogens is 12. The molecule has 0 aliphatic rings. The summed E-state index contributed by atoms with van der Waals surface area (Å²) in [6.07, 6.45) is 0. The van der Waals surface area contributed by atoms with Gasteiger partial charge in [-0.3, -0.25) is 4.90 Å². The smallest absolute Gasteiger partial charge is 0.253 e. The lowest BCUT2D eigenvalue weighted by atomic mass is 10.2. The summed E-state index contributed by atoms with van der Waals surface area (Å²) >= 11 is 0. The Kier molecular flexibility index (Phi) is 5.41. The Morgan fingerprint density at radius 2 is 0.484 bits per heavy atom. The molecule has 0 saturated carbocycles. The van der Waals surface area contributed by atoms with E-state index in [1.807, 2.05) is 0 Å². The second-order valence-electron chi connectivity index (χ2n) is 5.35. The van der Waals surface area contributed by atoms with Crippen molar-refractivity contribution in [1.82, 2.24) is 15.0 Å². The van der Waals surface area contributed by atoms with Crippen LogP contribution in [0.3, 0.4) is 0 Å². The summed E-state index contributed by atoms with van der Waals surface area (Å²) in [5, 5.41) is 0. The molecule has 0 aliphatic heterocycles. The van der Waals surface area contributed by atoms with E-state index in [2.05, 4.69) is 15.0 Å². The Bertz CT molecular complexity index is 1000. The topological polar surface area (TPSA) is 41.9 Å². The monoisotopic (exact) mass is 464 g/mol. The van der Waals surface area contributed by atoms with E-state index < -0.39 is 92.6 Å². The predicted octanol–water partition coefficient (Wildman–Crippen LogP) is 5.01. The highest BCUT2D eigenvalue weighted by Crippen LogP contribution is 2.44. The average molecular weight is 464 g/mol. The average Bonchev–Trinajstić information content (AvgIpc) is 2.69. The number of rotatable bonds is 3. The van der Waals surface area contributed by atoms with E-state index in [1.54, 1.807) is 0 Å². The summed E-state index contributed by atoms with van der Waals surface area (Å²) in [6.45, 7) is 0. The van der Waals surface area contributed by atoms with Gasteiger partial charge in [-0.15, -0.1) is 0 Å². The third kappa shape index (κ3) is 3.36. The molecule has 0 unspecified atom stereocenters. The van der Waals surface area contributed by atoms with Gasteiger partial charge in [0.2, 0.25) is 34.9 Å². The lowest BCUT2D eigenvalue weighted by molar-refractivity contribution is 0.394. The van der Waals surface area contributed by atoms with Gasteiger partial charge in [-0.2, -0.15) is 67.6 Å². The largest absolute Gasteiger partial charge is 0.294 e. The first-order valence-corrected chi connectivity index (χ1v) is 7.28. The van der Waals surface area contributed by atoms with Crippen LogP contribution < -0.4 is 4.90 Å². The zero-order valence-electron chi connectivity index (χ0n) is 13.8. The molecule has 3 aromatic rings. The van der Waals surface area contributed by atoms with E-state index in [-0.39, 0.29) is 0 Å². The lowest BCUT2D eigenvalue weighted by Crippen LogP contribution is -2.24. The van der Waals surface area contributed by atoms with Crippen LogP contribution in [0.1, 0.15) is 0 Å². The van der Waals surface area contributed by atoms with Gasteiger partial charge in [0.25, 0.3) is 35.7 Å². The van der Waals surface area contributed by atoms with Crippen LogP contribution in [0.25, 0.3) is 0 Å². The molecule has 0 saturated heterocycles. The molecule has 0 aliphatic carbocycles. The molecule has 0 amide bonds. The third-order valence-corrected chi connectivity index (χ3v) is 3.59. The predicted molar refractivity (Wildman–Crippen MR) is 74.0 cm³/mol. The van der Waals surface area contributed by atoms with E-state index in [0.717, 1.165) is 0 Å². The molecule has 31 heavy (non-hydrogen) atoms. The summed E-state index contributed by atoms with van der Waals surface area (Å²) < 4.78 is 166. The molecule has 0 atom stereocenters. The number of aromatic nitrogens is 3. The van der Waals surface area contributed by atoms with E-state index in [9.17, 15) is 52.7 Å². The highest BCUT2D eigenvalue weighted by atomic mass is 19.2. The number of pyridine rings is 3. The molecule has 16 heteroatoms. The molecule has 4 nitrogen and oxygen atoms in total. The second-order valence-corrected chi connectivity index (χ2v) is 5.35. The van der Waals surface area contributed by atoms with Crippen molar-refractivity contribution >= 4 is 17.1 Å². The quantitative estimate of drug-likeness (QED) is 0.404. The van der Waals surface area contributed by atoms with Gasteiger partial charge in [0.1, 0.15) is 17.1 Å². The van der Waals surface area contributed by atoms with Crippen molar-refractivity contribution in [2.24, 2.45) is 0 Å². The maximum absolute atomic E-state index is 14.2. The molecule has 164 valence electrons. The molecular formula is C15F12N4. The van der Waals surface area contributed by atoms with E-state index >= 15 is 0 Å². The van der Waals surface area contributed by atoms with Crippen LogP contribution in [-0.4, -0.2) is 15.0 Å². The molecule has 3 aromatic heterocycles. The number of nitrogens with zero attached hydrogens (tertiary/aromatic N) is 4. The Morgan fingerprint density at radius 1 is 0.323 bits per heavy atom. The van der Waals surface area contributed by atoms with Crippen molar-refractivity contribution in [2.75, 3.05) is 4.90 Å². The molecule has 0 spiro atoms. The van der Waals surface area contributed by atoms with Crippen LogP contribution in [0.2, 0.25) is 0 Å². The van der Waals surface area contributed by atoms with Crippen LogP contribution in [0.15, 0.2) is 0 Å². The molecule has 3 rings (SSSR count). The second kappa shape index (κ2) is 7.59. The Morgan fingerprint density at radius 3 is 0.645 bits per heavy atom. The first-order valence-electron chi connectivity index (χ1n) is 7.28. The van der Waals surface area contributed by atoms with Crippen molar-refractivity contribution < 1.29 is 52.7 Å². The summed E-state index contributed by atoms with van der Waals surface area (Å²) in [5.74, 6) is -31.8. The molecule has 0 bridgehead atoms. The van der Waals surface area contributed by atoms with Gasteiger partial charge in [0, 0.05) is 0 Å². The first-order chi connectivity index (χ1) is 14.4. The van der Waals surface area contributed by atoms with Crippen LogP contribution in [0, 0.1) is 70.6 Å². The van der Waals surface area contributed by atoms with Crippen molar-refractivity contribution in [1.29, 1.82) is 0 Å². The SMILES string of the molecule is Fc1nc(F)c(F)c(N(c2c(F)c(F)nc(F)c2F)c2c(F)c(F)nc(F)c2F)c1F. The maximum Gasteiger partial charge on any atom is 0.253 e. The molecule has 0 N–H and O–H groups in total. The number of hydrogen-bond acceptors (Lipinski definition) is 4. The van der Waals surface area contributed by atoms with E-state index in [4.69, 9.17) is 0 Å². The van der Waals surface area contributed by atoms with Crippen LogP contribution in [-0.2, 0) is 0 Å². The fourth-order valence-corrected chi connectivity index (χ4v) is 2.35. The summed E-state index contributed by atoms with van der Waals surface area (Å²) in [4.78, 5) is 4.96. The van der Waals surface area contributed by atoms with Gasteiger partial charge in [0.15, 0.2) is 0 Å². The fraction of sp³-hybridized carbons (Fsp3) is 0. The number of hydrogen-bond donors (Lipinski definition) is 0. The van der Waals surface area contributed by atoms with Gasteiger partial charge in [-0.1, -0.05) is 0 Å². The van der Waals surface area contributed by atoms with E-state index in [0.29, 0.717) is 0 Å². The van der Waals surface area contributed by atoms with Crippen molar-refractivity contribution in [3.8, 4) is 0 Å². The summed E-state index contributed by atoms with van der Waals surface area (Å²) in [5.41, 5.74) is -7.47. The molecule has 0 aromatic carbocycles. The first kappa shape index (κ1) is 22.1. The molecule has 0 fully saturated rings. The zero-order chi connectivity index (χ0) is 23.4. The minimum Gasteiger partial charge on any atom is -0.294 e. The standard InChI is InChI=1S/C15F12N4/c16-1-7(2(17)11(23)28-10(1)22)31(8-3(18)12(24)29-13(25)4(8)19)9-5(20)14(26)30-15(27)6(9)21. The van der Waals surface area contributed by atoms with Crippen molar-refractivity contribution in [3.05, 3.63) is 70.6 Å². The van der Waals surface area contributed by atoms with E-state index in [1.165, 1.54) is 0 Å². The molecular weight excluding hydrogens is 464 g/mol. The van der Waals surface area contributed by atoms with Gasteiger partial charge < -0.3 is 0 Å². The van der Waals surface area contributed by atoms with Gasteiger partial charge in [-0.25, -0.2) is 0 Å². The Labute approximate surface area is 161 Å². The maximum atomic E-state index is 14.2. The minimum absolute atomic E-state index is 1.21. The van der Waals surface area contributed by atoms with Crippen LogP contribution in [0.5, 0.6) is 0 Å². The van der Waals surface area contributed by atoms with Gasteiger partial charge in [0.05, 0.1) is 0 Å². The van der Waals surface area contributed by atoms with Crippen molar-refractivity contribution in [3.63, 3.8) is 0 Å². The summed E-state index contributed by atoms with van der Waals surface area (Å²) in [6, 6.07) is 0. The van der Waals surface area contributed by atoms with Crippen LogP contribution in [0.4, 0.5) is 69.7 Å². The van der Waals surface area contributed by atoms with Gasteiger partial charge in [-0.05, 0) is 0 Å². The third-order valence-electron chi connectivity index (χ3n) is 3.59. The van der Waals surface area contributed by atoms with Crippen molar-refractivity contribution in [2.45, 2.75) is 0 Å². The lowest BCUT2D eigenvalue weighted by Gasteiger charge is -2.27. The highest BCUT2D eigenvalue weighted by Gasteiger charge is 2.38. The fourth-order valence-electron chi connectivity index (χ4n) is 2.35. The Hall–Kier alpha value is -3.59. The van der Waals surface area contributed by atoms with Gasteiger partial charge >= 0.3 is 0 Å². The normalized spacial score (nSPS) is 11.2. The number of anilines is 3. The zero-order valence-corrected chi connectivity index (χ0v) is 13.8. The van der Waals surface area contributed by atoms with Crippen LogP contribution >= 0.6 is 0 Å². The highest BCUT2D eigenvalue weighted by molar-refractivity contribution is 5.78. The molecule has 3 heterocycles. The minimum atomic E-state index is -2.73. The summed E-state index contributed by atoms with van der Waals surface area (Å²) in [7, 11) is 0. The Balaban J connectivity index is 2.61.